The molecule has 0 bridgehead atoms. The SMILES string of the molecule is O=C1OC(c2ccc3c(c2)CCCC3)=CC1=CC=Cc1ccccc1. The van der Waals surface area contributed by atoms with Crippen molar-refractivity contribution in [3.05, 3.63) is 94.6 Å². The zero-order valence-corrected chi connectivity index (χ0v) is 14.1. The van der Waals surface area contributed by atoms with E-state index in [1.165, 1.54) is 24.0 Å². The van der Waals surface area contributed by atoms with Crippen molar-refractivity contribution >= 4 is 17.8 Å². The number of carbonyl (C=O) groups is 1. The Hall–Kier alpha value is -2.87. The minimum absolute atomic E-state index is 0.287. The van der Waals surface area contributed by atoms with Crippen LogP contribution in [0.2, 0.25) is 0 Å². The summed E-state index contributed by atoms with van der Waals surface area (Å²) in [5.74, 6) is 0.364. The topological polar surface area (TPSA) is 26.3 Å². The molecule has 0 atom stereocenters. The predicted octanol–water partition coefficient (Wildman–Crippen LogP) is 5.10. The van der Waals surface area contributed by atoms with Crippen LogP contribution in [-0.4, -0.2) is 5.97 Å². The number of hydrogen-bond donors (Lipinski definition) is 0. The Labute approximate surface area is 148 Å². The van der Waals surface area contributed by atoms with Gasteiger partial charge in [-0.1, -0.05) is 54.6 Å². The summed E-state index contributed by atoms with van der Waals surface area (Å²) in [7, 11) is 0. The first-order valence-electron chi connectivity index (χ1n) is 8.79. The molecule has 0 fully saturated rings. The monoisotopic (exact) mass is 328 g/mol. The highest BCUT2D eigenvalue weighted by Gasteiger charge is 2.22. The normalized spacial score (nSPS) is 18.3. The predicted molar refractivity (Wildman–Crippen MR) is 101 cm³/mol. The number of allylic oxidation sites excluding steroid dienone is 2. The molecule has 0 saturated heterocycles. The zero-order valence-electron chi connectivity index (χ0n) is 14.1. The van der Waals surface area contributed by atoms with E-state index in [9.17, 15) is 4.79 Å². The molecule has 4 rings (SSSR count). The number of rotatable bonds is 3. The van der Waals surface area contributed by atoms with Gasteiger partial charge in [-0.05, 0) is 60.6 Å². The third kappa shape index (κ3) is 3.48. The van der Waals surface area contributed by atoms with Crippen molar-refractivity contribution in [2.75, 3.05) is 0 Å². The average molecular weight is 328 g/mol. The van der Waals surface area contributed by atoms with Crippen molar-refractivity contribution in [2.24, 2.45) is 0 Å². The molecule has 2 aromatic rings. The maximum absolute atomic E-state index is 12.1. The maximum Gasteiger partial charge on any atom is 0.343 e. The number of carbonyl (C=O) groups excluding carboxylic acids is 1. The largest absolute Gasteiger partial charge is 0.422 e. The molecule has 124 valence electrons. The third-order valence-electron chi connectivity index (χ3n) is 4.72. The fraction of sp³-hybridized carbons (Fsp3) is 0.174. The van der Waals surface area contributed by atoms with Gasteiger partial charge in [0.25, 0.3) is 0 Å². The summed E-state index contributed by atoms with van der Waals surface area (Å²) < 4.78 is 5.47. The standard InChI is InChI=1S/C23H20O2/c24-23-21(12-6-9-17-7-2-1-3-8-17)16-22(25-23)20-14-13-18-10-4-5-11-19(18)15-20/h1-3,6-9,12-16H,4-5,10-11H2. The molecule has 1 aliphatic carbocycles. The Balaban J connectivity index is 1.56. The highest BCUT2D eigenvalue weighted by molar-refractivity contribution is 6.01. The van der Waals surface area contributed by atoms with Crippen LogP contribution in [0.3, 0.4) is 0 Å². The summed E-state index contributed by atoms with van der Waals surface area (Å²) in [6.07, 6.45) is 12.3. The molecule has 2 heteroatoms. The number of cyclic esters (lactones) is 1. The zero-order chi connectivity index (χ0) is 17.1. The quantitative estimate of drug-likeness (QED) is 0.578. The number of hydrogen-bond acceptors (Lipinski definition) is 2. The van der Waals surface area contributed by atoms with Crippen LogP contribution in [0.5, 0.6) is 0 Å². The number of ether oxygens (including phenoxy) is 1. The maximum atomic E-state index is 12.1. The molecule has 0 unspecified atom stereocenters. The van der Waals surface area contributed by atoms with Crippen molar-refractivity contribution in [1.29, 1.82) is 0 Å². The van der Waals surface area contributed by atoms with E-state index in [-0.39, 0.29) is 5.97 Å². The van der Waals surface area contributed by atoms with E-state index in [0.29, 0.717) is 11.3 Å². The second-order valence-corrected chi connectivity index (χ2v) is 6.48. The van der Waals surface area contributed by atoms with Crippen LogP contribution in [0.4, 0.5) is 0 Å². The smallest absolute Gasteiger partial charge is 0.343 e. The van der Waals surface area contributed by atoms with Crippen molar-refractivity contribution in [3.63, 3.8) is 0 Å². The van der Waals surface area contributed by atoms with Crippen LogP contribution in [-0.2, 0) is 22.4 Å². The lowest BCUT2D eigenvalue weighted by Crippen LogP contribution is -2.03. The number of esters is 1. The Morgan fingerprint density at radius 2 is 1.72 bits per heavy atom. The number of fused-ring (bicyclic) bond motifs is 1. The molecule has 0 aromatic heterocycles. The van der Waals surface area contributed by atoms with Crippen LogP contribution in [0, 0.1) is 0 Å². The number of aryl methyl sites for hydroxylation is 2. The second kappa shape index (κ2) is 6.94. The van der Waals surface area contributed by atoms with Crippen molar-refractivity contribution in [2.45, 2.75) is 25.7 Å². The lowest BCUT2D eigenvalue weighted by atomic mass is 9.90. The third-order valence-corrected chi connectivity index (χ3v) is 4.72. The molecule has 0 saturated carbocycles. The van der Waals surface area contributed by atoms with Gasteiger partial charge in [-0.2, -0.15) is 0 Å². The minimum Gasteiger partial charge on any atom is -0.422 e. The van der Waals surface area contributed by atoms with Gasteiger partial charge in [0, 0.05) is 5.56 Å². The van der Waals surface area contributed by atoms with Crippen LogP contribution in [0.1, 0.15) is 35.1 Å². The number of benzene rings is 2. The first-order valence-corrected chi connectivity index (χ1v) is 8.79. The van der Waals surface area contributed by atoms with Crippen molar-refractivity contribution in [1.82, 2.24) is 0 Å². The summed E-state index contributed by atoms with van der Waals surface area (Å²) >= 11 is 0. The molecule has 0 amide bonds. The van der Waals surface area contributed by atoms with E-state index in [2.05, 4.69) is 18.2 Å². The molecule has 2 aromatic carbocycles. The summed E-state index contributed by atoms with van der Waals surface area (Å²) in [6.45, 7) is 0. The summed E-state index contributed by atoms with van der Waals surface area (Å²) in [5.41, 5.74) is 5.50. The van der Waals surface area contributed by atoms with Gasteiger partial charge in [0.05, 0.1) is 5.57 Å². The van der Waals surface area contributed by atoms with Crippen molar-refractivity contribution in [3.8, 4) is 0 Å². The Morgan fingerprint density at radius 1 is 0.920 bits per heavy atom. The fourth-order valence-corrected chi connectivity index (χ4v) is 3.36. The van der Waals surface area contributed by atoms with Crippen molar-refractivity contribution < 1.29 is 9.53 Å². The molecular formula is C23H20O2. The summed E-state index contributed by atoms with van der Waals surface area (Å²) in [6, 6.07) is 16.4. The molecule has 0 spiro atoms. The van der Waals surface area contributed by atoms with Gasteiger partial charge in [-0.25, -0.2) is 4.79 Å². The van der Waals surface area contributed by atoms with Gasteiger partial charge in [0.15, 0.2) is 0 Å². The van der Waals surface area contributed by atoms with Crippen LogP contribution in [0.25, 0.3) is 11.8 Å². The fourth-order valence-electron chi connectivity index (χ4n) is 3.36. The molecule has 0 N–H and O–H groups in total. The van der Waals surface area contributed by atoms with E-state index in [4.69, 9.17) is 4.74 Å². The van der Waals surface area contributed by atoms with Gasteiger partial charge in [0.1, 0.15) is 5.76 Å². The minimum atomic E-state index is -0.287. The van der Waals surface area contributed by atoms with E-state index >= 15 is 0 Å². The molecule has 1 heterocycles. The second-order valence-electron chi connectivity index (χ2n) is 6.48. The highest BCUT2D eigenvalue weighted by Crippen LogP contribution is 2.30. The van der Waals surface area contributed by atoms with E-state index < -0.39 is 0 Å². The average Bonchev–Trinajstić information content (AvgIpc) is 3.03. The lowest BCUT2D eigenvalue weighted by Gasteiger charge is -2.16. The van der Waals surface area contributed by atoms with E-state index in [0.717, 1.165) is 24.0 Å². The first kappa shape index (κ1) is 15.6. The van der Waals surface area contributed by atoms with Gasteiger partial charge in [-0.3, -0.25) is 0 Å². The van der Waals surface area contributed by atoms with Gasteiger partial charge in [0.2, 0.25) is 0 Å². The summed E-state index contributed by atoms with van der Waals surface area (Å²) in [5, 5.41) is 0. The first-order chi connectivity index (χ1) is 12.3. The van der Waals surface area contributed by atoms with Crippen LogP contribution in [0.15, 0.2) is 72.3 Å². The van der Waals surface area contributed by atoms with E-state index in [1.807, 2.05) is 48.6 Å². The van der Waals surface area contributed by atoms with Crippen LogP contribution < -0.4 is 0 Å². The highest BCUT2D eigenvalue weighted by atomic mass is 16.5. The summed E-state index contributed by atoms with van der Waals surface area (Å²) in [4.78, 5) is 12.1. The molecular weight excluding hydrogens is 308 g/mol. The molecule has 2 nitrogen and oxygen atoms in total. The Morgan fingerprint density at radius 3 is 2.56 bits per heavy atom. The van der Waals surface area contributed by atoms with E-state index in [1.54, 1.807) is 6.08 Å². The van der Waals surface area contributed by atoms with Gasteiger partial charge >= 0.3 is 5.97 Å². The molecule has 2 aliphatic rings. The van der Waals surface area contributed by atoms with Gasteiger partial charge in [-0.15, -0.1) is 0 Å². The lowest BCUT2D eigenvalue weighted by molar-refractivity contribution is -0.130. The van der Waals surface area contributed by atoms with Crippen LogP contribution >= 0.6 is 0 Å². The Bertz CT molecular complexity index is 886. The van der Waals surface area contributed by atoms with Gasteiger partial charge < -0.3 is 4.74 Å². The molecule has 1 aliphatic heterocycles. The molecule has 0 radical (unpaired) electrons. The molecule has 25 heavy (non-hydrogen) atoms. The Kier molecular flexibility index (Phi) is 4.34.